The van der Waals surface area contributed by atoms with Gasteiger partial charge in [-0.05, 0) is 59.9 Å². The molecule has 0 spiro atoms. The van der Waals surface area contributed by atoms with Crippen molar-refractivity contribution in [3.8, 4) is 22.7 Å². The Hall–Kier alpha value is -5.86. The number of ether oxygens (including phenoxy) is 1. The number of rotatable bonds is 9. The topological polar surface area (TPSA) is 147 Å². The molecule has 0 saturated carbocycles. The van der Waals surface area contributed by atoms with Crippen LogP contribution >= 0.6 is 0 Å². The van der Waals surface area contributed by atoms with Crippen LogP contribution in [0.25, 0.3) is 33.8 Å². The Kier molecular flexibility index (Phi) is 8.40. The van der Waals surface area contributed by atoms with Crippen molar-refractivity contribution < 1.29 is 27.5 Å². The lowest BCUT2D eigenvalue weighted by atomic mass is 9.85. The molecule has 1 amide bonds. The van der Waals surface area contributed by atoms with Gasteiger partial charge in [-0.15, -0.1) is 10.2 Å². The summed E-state index contributed by atoms with van der Waals surface area (Å²) in [7, 11) is 0. The molecule has 1 atom stereocenters. The van der Waals surface area contributed by atoms with Gasteiger partial charge >= 0.3 is 12.5 Å². The maximum Gasteiger partial charge on any atom is 0.320 e. The summed E-state index contributed by atoms with van der Waals surface area (Å²) in [5, 5.41) is 12.8. The number of oxazole rings is 1. The van der Waals surface area contributed by atoms with E-state index in [1.54, 1.807) is 40.0 Å². The normalized spacial score (nSPS) is 14.5. The molecule has 1 saturated heterocycles. The minimum absolute atomic E-state index is 0.0613. The minimum Gasteiger partial charge on any atom is -0.457 e. The summed E-state index contributed by atoms with van der Waals surface area (Å²) in [4.78, 5) is 41.0. The first-order chi connectivity index (χ1) is 23.3. The second-order valence-corrected chi connectivity index (χ2v) is 11.4. The zero-order valence-electron chi connectivity index (χ0n) is 25.7. The van der Waals surface area contributed by atoms with Crippen LogP contribution in [-0.2, 0) is 16.1 Å². The highest BCUT2D eigenvalue weighted by Gasteiger charge is 2.33. The number of tetrazole rings is 1. The zero-order chi connectivity index (χ0) is 33.2. The second-order valence-electron chi connectivity index (χ2n) is 11.4. The lowest BCUT2D eigenvalue weighted by Crippen LogP contribution is -2.41. The van der Waals surface area contributed by atoms with Crippen molar-refractivity contribution >= 4 is 23.0 Å². The number of amides is 1. The molecule has 15 heteroatoms. The number of likely N-dealkylation sites (tertiary alicyclic amines) is 1. The number of alkyl halides is 2. The van der Waals surface area contributed by atoms with Crippen LogP contribution in [0.1, 0.15) is 54.2 Å². The Bertz CT molecular complexity index is 2070. The van der Waals surface area contributed by atoms with E-state index in [0.29, 0.717) is 54.0 Å². The Morgan fingerprint density at radius 1 is 1.04 bits per heavy atom. The van der Waals surface area contributed by atoms with Crippen LogP contribution in [0.3, 0.4) is 0 Å². The van der Waals surface area contributed by atoms with Gasteiger partial charge in [0, 0.05) is 37.3 Å². The summed E-state index contributed by atoms with van der Waals surface area (Å²) in [5.74, 6) is 0.0510. The van der Waals surface area contributed by atoms with E-state index in [-0.39, 0.29) is 41.8 Å². The Balaban J connectivity index is 1.06. The number of carbonyl (C=O) groups is 2. The first-order valence-corrected chi connectivity index (χ1v) is 15.3. The molecule has 7 rings (SSSR count). The molecule has 6 aromatic rings. The molecule has 2 aromatic carbocycles. The van der Waals surface area contributed by atoms with Crippen LogP contribution in [-0.4, -0.2) is 69.6 Å². The molecule has 5 heterocycles. The summed E-state index contributed by atoms with van der Waals surface area (Å²) in [5.41, 5.74) is 3.55. The number of pyridine rings is 1. The maximum atomic E-state index is 13.6. The van der Waals surface area contributed by atoms with Gasteiger partial charge < -0.3 is 14.1 Å². The van der Waals surface area contributed by atoms with E-state index in [9.17, 15) is 18.4 Å². The van der Waals surface area contributed by atoms with E-state index >= 15 is 0 Å². The number of fused-ring (bicyclic) bond motifs is 1. The number of carbonyl (C=O) groups excluding carboxylic acids is 2. The van der Waals surface area contributed by atoms with Crippen molar-refractivity contribution in [3.05, 3.63) is 96.5 Å². The molecule has 48 heavy (non-hydrogen) atoms. The van der Waals surface area contributed by atoms with Gasteiger partial charge in [0.25, 0.3) is 5.91 Å². The largest absolute Gasteiger partial charge is 0.457 e. The number of benzene rings is 2. The number of piperidine rings is 1. The highest BCUT2D eigenvalue weighted by molar-refractivity contribution is 5.93. The van der Waals surface area contributed by atoms with Gasteiger partial charge in [-0.2, -0.15) is 13.6 Å². The third kappa shape index (κ3) is 6.26. The van der Waals surface area contributed by atoms with E-state index in [1.165, 1.54) is 19.3 Å². The number of esters is 1. The zero-order valence-corrected chi connectivity index (χ0v) is 25.7. The average Bonchev–Trinajstić information content (AvgIpc) is 3.88. The van der Waals surface area contributed by atoms with Gasteiger partial charge in [0.2, 0.25) is 11.7 Å². The molecule has 13 nitrogen and oxygen atoms in total. The van der Waals surface area contributed by atoms with E-state index in [1.807, 2.05) is 30.3 Å². The summed E-state index contributed by atoms with van der Waals surface area (Å²) in [6.45, 7) is -0.477. The fourth-order valence-corrected chi connectivity index (χ4v) is 6.00. The molecule has 1 fully saturated rings. The van der Waals surface area contributed by atoms with Crippen molar-refractivity contribution in [2.45, 2.75) is 39.0 Å². The van der Waals surface area contributed by atoms with Gasteiger partial charge in [-0.1, -0.05) is 30.3 Å². The molecule has 0 N–H and O–H groups in total. The van der Waals surface area contributed by atoms with Crippen LogP contribution in [0.4, 0.5) is 8.78 Å². The smallest absolute Gasteiger partial charge is 0.320 e. The van der Waals surface area contributed by atoms with Crippen molar-refractivity contribution in [3.63, 3.8) is 0 Å². The second kappa shape index (κ2) is 13.1. The molecular weight excluding hydrogens is 624 g/mol. The molecule has 1 unspecified atom stereocenters. The predicted molar refractivity (Wildman–Crippen MR) is 166 cm³/mol. The van der Waals surface area contributed by atoms with Gasteiger partial charge in [0.05, 0.1) is 18.2 Å². The Morgan fingerprint density at radius 2 is 1.85 bits per heavy atom. The number of aromatic nitrogens is 8. The van der Waals surface area contributed by atoms with E-state index in [2.05, 4.69) is 30.4 Å². The van der Waals surface area contributed by atoms with Crippen LogP contribution in [0.15, 0.2) is 83.8 Å². The van der Waals surface area contributed by atoms with Crippen molar-refractivity contribution in [1.29, 1.82) is 0 Å². The fourth-order valence-electron chi connectivity index (χ4n) is 6.00. The molecule has 1 aliphatic heterocycles. The average molecular weight is 654 g/mol. The number of imidazole rings is 1. The molecule has 244 valence electrons. The number of nitrogens with zero attached hydrogens (tertiary/aromatic N) is 9. The van der Waals surface area contributed by atoms with Gasteiger partial charge in [0.1, 0.15) is 17.3 Å². The summed E-state index contributed by atoms with van der Waals surface area (Å²) in [6, 6.07) is 18.0. The van der Waals surface area contributed by atoms with Gasteiger partial charge in [-0.3, -0.25) is 19.1 Å². The minimum atomic E-state index is -2.73. The van der Waals surface area contributed by atoms with Gasteiger partial charge in [0.15, 0.2) is 12.2 Å². The van der Waals surface area contributed by atoms with Crippen molar-refractivity contribution in [2.24, 2.45) is 5.92 Å². The monoisotopic (exact) mass is 653 g/mol. The summed E-state index contributed by atoms with van der Waals surface area (Å²) < 4.78 is 38.6. The third-order valence-electron chi connectivity index (χ3n) is 8.32. The van der Waals surface area contributed by atoms with E-state index < -0.39 is 12.5 Å². The van der Waals surface area contributed by atoms with Crippen LogP contribution in [0.2, 0.25) is 0 Å². The standard InChI is InChI=1S/C33H29F2N9O4/c1-20(45)47-18-29-39-41-44(40-29)30(21-5-3-2-4-6-21)22-10-13-42(14-11-22)32(46)26-16-24(9-12-37-26)31-38-25-15-23(7-8-28(25)48-31)27-17-36-19-43(27)33(34)35/h2-9,12,15-17,19,22,30,33H,10-11,13-14,18H2,1H3. The number of hydrogen-bond donors (Lipinski definition) is 0. The molecule has 1 aliphatic rings. The lowest BCUT2D eigenvalue weighted by Gasteiger charge is -2.35. The van der Waals surface area contributed by atoms with E-state index in [0.717, 1.165) is 16.5 Å². The van der Waals surface area contributed by atoms with Crippen molar-refractivity contribution in [2.75, 3.05) is 13.1 Å². The Morgan fingerprint density at radius 3 is 2.62 bits per heavy atom. The fraction of sp³-hybridized carbons (Fsp3) is 0.273. The van der Waals surface area contributed by atoms with E-state index in [4.69, 9.17) is 9.15 Å². The molecular formula is C33H29F2N9O4. The SMILES string of the molecule is CC(=O)OCc1nnn(C(c2ccccc2)C2CCN(C(=O)c3cc(-c4nc5cc(-c6cncn6C(F)F)ccc5o4)ccn3)CC2)n1. The third-order valence-corrected chi connectivity index (χ3v) is 8.32. The lowest BCUT2D eigenvalue weighted by molar-refractivity contribution is -0.142. The molecule has 4 aromatic heterocycles. The summed E-state index contributed by atoms with van der Waals surface area (Å²) >= 11 is 0. The van der Waals surface area contributed by atoms with Gasteiger partial charge in [-0.25, -0.2) is 9.97 Å². The Labute approximate surface area is 272 Å². The predicted octanol–water partition coefficient (Wildman–Crippen LogP) is 5.34. The molecule has 0 aliphatic carbocycles. The van der Waals surface area contributed by atoms with Crippen LogP contribution in [0, 0.1) is 5.92 Å². The highest BCUT2D eigenvalue weighted by atomic mass is 19.3. The molecule has 0 radical (unpaired) electrons. The quantitative estimate of drug-likeness (QED) is 0.187. The van der Waals surface area contributed by atoms with Crippen molar-refractivity contribution in [1.82, 2.24) is 44.6 Å². The van der Waals surface area contributed by atoms with Crippen LogP contribution in [0.5, 0.6) is 0 Å². The summed E-state index contributed by atoms with van der Waals surface area (Å²) in [6.07, 6.45) is 5.35. The first-order valence-electron chi connectivity index (χ1n) is 15.3. The molecule has 0 bridgehead atoms. The number of halogens is 2. The first kappa shape index (κ1) is 30.8. The highest BCUT2D eigenvalue weighted by Crippen LogP contribution is 2.34. The van der Waals surface area contributed by atoms with Crippen LogP contribution < -0.4 is 0 Å². The number of hydrogen-bond acceptors (Lipinski definition) is 10. The maximum absolute atomic E-state index is 13.6.